The number of aromatic nitrogens is 1. The maximum Gasteiger partial charge on any atom is 0.541 e. The van der Waals surface area contributed by atoms with E-state index < -0.39 is 30.6 Å². The number of halogens is 1. The molecule has 4 aromatic rings. The van der Waals surface area contributed by atoms with Crippen LogP contribution in [0.15, 0.2) is 84.9 Å². The molecular formula is C33H30FNO5P+. The van der Waals surface area contributed by atoms with Gasteiger partial charge in [-0.25, -0.2) is 9.18 Å². The Hall–Kier alpha value is -4.21. The SMILES string of the molecule is C#CC(C(=O)O)([P+](=O)O)C(C)(O)c1c(-c2ccc(F)cc2)cc(-c2ccccc2Cc2ccccc2)nc1C(C)C. The van der Waals surface area contributed by atoms with Crippen LogP contribution in [0.4, 0.5) is 4.39 Å². The van der Waals surface area contributed by atoms with E-state index in [1.165, 1.54) is 24.3 Å². The van der Waals surface area contributed by atoms with Crippen molar-refractivity contribution < 1.29 is 28.9 Å². The Morgan fingerprint density at radius 2 is 1.63 bits per heavy atom. The number of nitrogens with zero attached hydrogens (tertiary/aromatic N) is 1. The van der Waals surface area contributed by atoms with Gasteiger partial charge in [0, 0.05) is 11.1 Å². The number of aliphatic hydroxyl groups is 1. The molecule has 4 rings (SSSR count). The molecule has 0 bridgehead atoms. The molecular weight excluding hydrogens is 540 g/mol. The van der Waals surface area contributed by atoms with Gasteiger partial charge >= 0.3 is 19.2 Å². The van der Waals surface area contributed by atoms with Crippen LogP contribution in [0.1, 0.15) is 49.1 Å². The summed E-state index contributed by atoms with van der Waals surface area (Å²) in [5.41, 5.74) is 1.89. The highest BCUT2D eigenvalue weighted by molar-refractivity contribution is 7.42. The van der Waals surface area contributed by atoms with Crippen molar-refractivity contribution in [3.05, 3.63) is 113 Å². The molecule has 0 aliphatic rings. The normalized spacial score (nSPS) is 14.5. The number of hydrogen-bond acceptors (Lipinski definition) is 4. The monoisotopic (exact) mass is 570 g/mol. The van der Waals surface area contributed by atoms with Crippen LogP contribution in [0, 0.1) is 18.2 Å². The Bertz CT molecular complexity index is 1630. The number of pyridine rings is 1. The summed E-state index contributed by atoms with van der Waals surface area (Å²) >= 11 is 0. The molecule has 1 aromatic heterocycles. The zero-order valence-corrected chi connectivity index (χ0v) is 23.8. The van der Waals surface area contributed by atoms with Crippen LogP contribution in [0.5, 0.6) is 0 Å². The van der Waals surface area contributed by atoms with E-state index in [0.717, 1.165) is 23.6 Å². The van der Waals surface area contributed by atoms with Gasteiger partial charge < -0.3 is 10.2 Å². The lowest BCUT2D eigenvalue weighted by molar-refractivity contribution is -0.145. The van der Waals surface area contributed by atoms with Crippen molar-refractivity contribution in [2.24, 2.45) is 0 Å². The van der Waals surface area contributed by atoms with Gasteiger partial charge in [0.1, 0.15) is 5.82 Å². The predicted molar refractivity (Wildman–Crippen MR) is 157 cm³/mol. The Balaban J connectivity index is 2.09. The zero-order valence-electron chi connectivity index (χ0n) is 22.9. The fourth-order valence-electron chi connectivity index (χ4n) is 5.14. The number of hydrogen-bond donors (Lipinski definition) is 3. The molecule has 41 heavy (non-hydrogen) atoms. The fourth-order valence-corrected chi connectivity index (χ4v) is 5.90. The average molecular weight is 571 g/mol. The maximum atomic E-state index is 14.0. The van der Waals surface area contributed by atoms with Crippen LogP contribution in [0.2, 0.25) is 0 Å². The maximum absolute atomic E-state index is 14.0. The molecule has 3 N–H and O–H groups in total. The number of benzene rings is 3. The first kappa shape index (κ1) is 29.8. The Morgan fingerprint density at radius 1 is 1.02 bits per heavy atom. The van der Waals surface area contributed by atoms with Crippen molar-refractivity contribution >= 4 is 14.0 Å². The molecule has 3 unspecified atom stereocenters. The predicted octanol–water partition coefficient (Wildman–Crippen LogP) is 6.67. The number of carbonyl (C=O) groups is 1. The van der Waals surface area contributed by atoms with E-state index in [1.54, 1.807) is 6.07 Å². The van der Waals surface area contributed by atoms with Gasteiger partial charge in [-0.1, -0.05) is 80.6 Å². The molecule has 1 heterocycles. The van der Waals surface area contributed by atoms with Crippen molar-refractivity contribution in [1.29, 1.82) is 0 Å². The number of carboxylic acids is 1. The number of rotatable bonds is 9. The van der Waals surface area contributed by atoms with Crippen LogP contribution in [0.3, 0.4) is 0 Å². The molecule has 0 saturated heterocycles. The number of carboxylic acid groups (broad SMARTS) is 1. The van der Waals surface area contributed by atoms with Gasteiger partial charge in [-0.05, 0) is 70.2 Å². The molecule has 0 aliphatic heterocycles. The van der Waals surface area contributed by atoms with Crippen LogP contribution < -0.4 is 0 Å². The van der Waals surface area contributed by atoms with Crippen LogP contribution in [-0.4, -0.2) is 31.2 Å². The minimum Gasteiger partial charge on any atom is -0.477 e. The van der Waals surface area contributed by atoms with Gasteiger partial charge in [0.2, 0.25) is 0 Å². The summed E-state index contributed by atoms with van der Waals surface area (Å²) in [7, 11) is -3.63. The second-order valence-corrected chi connectivity index (χ2v) is 11.5. The molecule has 0 amide bonds. The van der Waals surface area contributed by atoms with E-state index in [-0.39, 0.29) is 11.5 Å². The molecule has 0 aliphatic carbocycles. The molecule has 3 atom stereocenters. The first-order chi connectivity index (χ1) is 19.4. The van der Waals surface area contributed by atoms with Crippen molar-refractivity contribution in [3.63, 3.8) is 0 Å². The minimum atomic E-state index is -3.63. The van der Waals surface area contributed by atoms with E-state index in [2.05, 4.69) is 0 Å². The van der Waals surface area contributed by atoms with E-state index in [0.29, 0.717) is 28.9 Å². The first-order valence-electron chi connectivity index (χ1n) is 13.0. The van der Waals surface area contributed by atoms with Crippen molar-refractivity contribution in [1.82, 2.24) is 4.98 Å². The van der Waals surface area contributed by atoms with Crippen molar-refractivity contribution in [2.75, 3.05) is 0 Å². The number of aliphatic carboxylic acids is 1. The molecule has 3 aromatic carbocycles. The lowest BCUT2D eigenvalue weighted by Gasteiger charge is -2.34. The average Bonchev–Trinajstić information content (AvgIpc) is 2.93. The highest BCUT2D eigenvalue weighted by Crippen LogP contribution is 2.52. The standard InChI is InChI=1S/C33H29FNO5P/c1-5-33(31(36)37,41(39)40)32(4,38)29-27(23-15-17-25(34)18-16-23)20-28(35-30(29)21(2)3)26-14-10-9-13-24(26)19-22-11-7-6-8-12-22/h1,6-18,20-21,38H,19H2,2-4H3,(H-,36,37,39,40)/p+1. The summed E-state index contributed by atoms with van der Waals surface area (Å²) in [6.45, 7) is 4.74. The van der Waals surface area contributed by atoms with E-state index in [4.69, 9.17) is 11.4 Å². The minimum absolute atomic E-state index is 0.0128. The van der Waals surface area contributed by atoms with Gasteiger partial charge in [0.05, 0.1) is 11.4 Å². The third kappa shape index (κ3) is 5.42. The van der Waals surface area contributed by atoms with E-state index in [9.17, 15) is 28.9 Å². The first-order valence-corrected chi connectivity index (χ1v) is 14.2. The molecule has 0 spiro atoms. The Morgan fingerprint density at radius 3 is 2.20 bits per heavy atom. The molecule has 0 fully saturated rings. The quantitative estimate of drug-likeness (QED) is 0.153. The lowest BCUT2D eigenvalue weighted by Crippen LogP contribution is -2.53. The van der Waals surface area contributed by atoms with Gasteiger partial charge in [-0.3, -0.25) is 4.98 Å². The summed E-state index contributed by atoms with van der Waals surface area (Å²) in [5.74, 6) is -0.777. The summed E-state index contributed by atoms with van der Waals surface area (Å²) < 4.78 is 26.6. The third-order valence-corrected chi connectivity index (χ3v) is 8.61. The smallest absolute Gasteiger partial charge is 0.477 e. The molecule has 208 valence electrons. The second-order valence-electron chi connectivity index (χ2n) is 10.3. The Labute approximate surface area is 239 Å². The summed E-state index contributed by atoms with van der Waals surface area (Å²) in [5, 5.41) is 19.2. The highest BCUT2D eigenvalue weighted by Gasteiger charge is 2.70. The second kappa shape index (κ2) is 11.7. The van der Waals surface area contributed by atoms with E-state index in [1.807, 2.05) is 74.4 Å². The lowest BCUT2D eigenvalue weighted by atomic mass is 9.76. The molecule has 8 heteroatoms. The van der Waals surface area contributed by atoms with Crippen molar-refractivity contribution in [3.8, 4) is 34.7 Å². The van der Waals surface area contributed by atoms with Crippen LogP contribution >= 0.6 is 8.03 Å². The third-order valence-electron chi connectivity index (χ3n) is 7.28. The zero-order chi connectivity index (χ0) is 29.9. The Kier molecular flexibility index (Phi) is 8.51. The number of terminal acetylenes is 1. The topological polar surface area (TPSA) is 108 Å². The van der Waals surface area contributed by atoms with Crippen molar-refractivity contribution in [2.45, 2.75) is 43.9 Å². The van der Waals surface area contributed by atoms with Gasteiger partial charge in [0.25, 0.3) is 0 Å². The molecule has 6 nitrogen and oxygen atoms in total. The summed E-state index contributed by atoms with van der Waals surface area (Å²) in [6, 6.07) is 24.8. The summed E-state index contributed by atoms with van der Waals surface area (Å²) in [4.78, 5) is 27.6. The summed E-state index contributed by atoms with van der Waals surface area (Å²) in [6.07, 6.45) is 6.19. The largest absolute Gasteiger partial charge is 0.541 e. The molecule has 0 saturated carbocycles. The van der Waals surface area contributed by atoms with Gasteiger partial charge in [-0.15, -0.1) is 6.42 Å². The van der Waals surface area contributed by atoms with Crippen LogP contribution in [-0.2, 0) is 21.4 Å². The highest BCUT2D eigenvalue weighted by atomic mass is 31.1. The van der Waals surface area contributed by atoms with E-state index >= 15 is 0 Å². The van der Waals surface area contributed by atoms with Crippen LogP contribution in [0.25, 0.3) is 22.4 Å². The van der Waals surface area contributed by atoms with Gasteiger partial charge in [-0.2, -0.15) is 4.89 Å². The molecule has 0 radical (unpaired) electrons. The fraction of sp³-hybridized carbons (Fsp3) is 0.212. The van der Waals surface area contributed by atoms with Gasteiger partial charge in [0.15, 0.2) is 5.60 Å².